The quantitative estimate of drug-likeness (QED) is 0.685. The van der Waals surface area contributed by atoms with Gasteiger partial charge in [0.15, 0.2) is 6.61 Å². The zero-order valence-corrected chi connectivity index (χ0v) is 5.93. The van der Waals surface area contributed by atoms with Gasteiger partial charge in [-0.3, -0.25) is 4.98 Å². The molecule has 0 spiro atoms. The SMILES string of the molecule is FC(F)(F)COc1c[c]cnc1. The monoisotopic (exact) mass is 176 g/mol. The van der Waals surface area contributed by atoms with Crippen LogP contribution in [0.25, 0.3) is 0 Å². The molecule has 0 aromatic carbocycles. The Morgan fingerprint density at radius 3 is 2.75 bits per heavy atom. The van der Waals surface area contributed by atoms with E-state index in [1.54, 1.807) is 0 Å². The van der Waals surface area contributed by atoms with Crippen molar-refractivity contribution in [1.82, 2.24) is 4.98 Å². The third-order valence-electron chi connectivity index (χ3n) is 0.979. The smallest absolute Gasteiger partial charge is 0.422 e. The third-order valence-corrected chi connectivity index (χ3v) is 0.979. The fourth-order valence-corrected chi connectivity index (χ4v) is 0.555. The molecule has 0 amide bonds. The summed E-state index contributed by atoms with van der Waals surface area (Å²) in [6, 6.07) is 3.78. The number of hydrogen-bond donors (Lipinski definition) is 0. The first-order chi connectivity index (χ1) is 5.58. The molecule has 65 valence electrons. The van der Waals surface area contributed by atoms with Crippen LogP contribution in [0.5, 0.6) is 5.75 Å². The van der Waals surface area contributed by atoms with Gasteiger partial charge in [0.2, 0.25) is 0 Å². The second-order valence-corrected chi connectivity index (χ2v) is 2.02. The summed E-state index contributed by atoms with van der Waals surface area (Å²) < 4.78 is 39.1. The van der Waals surface area contributed by atoms with E-state index in [-0.39, 0.29) is 5.75 Å². The number of halogens is 3. The summed E-state index contributed by atoms with van der Waals surface area (Å²) in [5.41, 5.74) is 0. The van der Waals surface area contributed by atoms with Crippen molar-refractivity contribution in [2.75, 3.05) is 6.61 Å². The third kappa shape index (κ3) is 3.23. The molecule has 0 unspecified atom stereocenters. The molecular formula is C7H5F3NO. The largest absolute Gasteiger partial charge is 0.482 e. The van der Waals surface area contributed by atoms with E-state index in [4.69, 9.17) is 0 Å². The summed E-state index contributed by atoms with van der Waals surface area (Å²) in [6.07, 6.45) is -1.78. The minimum atomic E-state index is -4.31. The van der Waals surface area contributed by atoms with Crippen molar-refractivity contribution in [3.05, 3.63) is 24.5 Å². The molecule has 0 N–H and O–H groups in total. The van der Waals surface area contributed by atoms with Gasteiger partial charge >= 0.3 is 6.18 Å². The summed E-state index contributed by atoms with van der Waals surface area (Å²) in [5, 5.41) is 0. The maximum Gasteiger partial charge on any atom is 0.422 e. The molecule has 0 fully saturated rings. The van der Waals surface area contributed by atoms with Crippen molar-refractivity contribution in [2.24, 2.45) is 0 Å². The van der Waals surface area contributed by atoms with E-state index in [1.807, 2.05) is 0 Å². The number of ether oxygens (including phenoxy) is 1. The number of pyridine rings is 1. The first kappa shape index (κ1) is 8.83. The van der Waals surface area contributed by atoms with Crippen LogP contribution in [0.4, 0.5) is 13.2 Å². The van der Waals surface area contributed by atoms with Crippen molar-refractivity contribution < 1.29 is 17.9 Å². The number of nitrogens with zero attached hydrogens (tertiary/aromatic N) is 1. The Morgan fingerprint density at radius 2 is 2.25 bits per heavy atom. The Hall–Kier alpha value is -1.26. The average molecular weight is 176 g/mol. The van der Waals surface area contributed by atoms with E-state index in [1.165, 1.54) is 18.5 Å². The van der Waals surface area contributed by atoms with E-state index < -0.39 is 12.8 Å². The van der Waals surface area contributed by atoms with Gasteiger partial charge in [-0.05, 0) is 6.07 Å². The molecule has 1 aromatic heterocycles. The highest BCUT2D eigenvalue weighted by atomic mass is 19.4. The topological polar surface area (TPSA) is 22.1 Å². The number of hydrogen-bond acceptors (Lipinski definition) is 2. The van der Waals surface area contributed by atoms with Gasteiger partial charge in [-0.2, -0.15) is 13.2 Å². The Bertz CT molecular complexity index is 234. The molecule has 1 aromatic rings. The molecule has 0 aliphatic rings. The van der Waals surface area contributed by atoms with Crippen molar-refractivity contribution in [1.29, 1.82) is 0 Å². The summed E-state index contributed by atoms with van der Waals surface area (Å²) in [6.45, 7) is -1.30. The fraction of sp³-hybridized carbons (Fsp3) is 0.286. The molecule has 12 heavy (non-hydrogen) atoms. The van der Waals surface area contributed by atoms with Gasteiger partial charge in [-0.25, -0.2) is 0 Å². The zero-order valence-electron chi connectivity index (χ0n) is 5.93. The highest BCUT2D eigenvalue weighted by Gasteiger charge is 2.28. The standard InChI is InChI=1S/C7H5F3NO/c8-7(9,10)5-12-6-2-1-3-11-4-6/h2-4H,5H2. The lowest BCUT2D eigenvalue weighted by atomic mass is 10.5. The molecule has 1 heterocycles. The van der Waals surface area contributed by atoms with Gasteiger partial charge in [-0.1, -0.05) is 0 Å². The molecule has 1 rings (SSSR count). The van der Waals surface area contributed by atoms with Gasteiger partial charge in [0, 0.05) is 12.3 Å². The molecule has 2 nitrogen and oxygen atoms in total. The Balaban J connectivity index is 2.44. The normalized spacial score (nSPS) is 11.2. The van der Waals surface area contributed by atoms with E-state index >= 15 is 0 Å². The number of alkyl halides is 3. The van der Waals surface area contributed by atoms with Crippen LogP contribution in [-0.4, -0.2) is 17.8 Å². The van der Waals surface area contributed by atoms with Crippen LogP contribution >= 0.6 is 0 Å². The van der Waals surface area contributed by atoms with E-state index in [9.17, 15) is 13.2 Å². The molecule has 0 bridgehead atoms. The predicted octanol–water partition coefficient (Wildman–Crippen LogP) is 1.82. The maximum absolute atomic E-state index is 11.6. The lowest BCUT2D eigenvalue weighted by Gasteiger charge is -2.07. The fourth-order valence-electron chi connectivity index (χ4n) is 0.555. The predicted molar refractivity (Wildman–Crippen MR) is 34.6 cm³/mol. The molecule has 5 heteroatoms. The van der Waals surface area contributed by atoms with Crippen LogP contribution in [0.1, 0.15) is 0 Å². The highest BCUT2D eigenvalue weighted by molar-refractivity contribution is 5.14. The van der Waals surface area contributed by atoms with Crippen LogP contribution in [0, 0.1) is 6.07 Å². The van der Waals surface area contributed by atoms with E-state index in [0.717, 1.165) is 0 Å². The van der Waals surface area contributed by atoms with Crippen molar-refractivity contribution in [2.45, 2.75) is 6.18 Å². The Kier molecular flexibility index (Phi) is 2.52. The summed E-state index contributed by atoms with van der Waals surface area (Å²) in [4.78, 5) is 3.54. The molecule has 0 saturated heterocycles. The Labute approximate surface area is 67.0 Å². The van der Waals surface area contributed by atoms with Crippen molar-refractivity contribution >= 4 is 0 Å². The van der Waals surface area contributed by atoms with Gasteiger partial charge in [0.1, 0.15) is 5.75 Å². The van der Waals surface area contributed by atoms with Crippen LogP contribution < -0.4 is 4.74 Å². The molecule has 0 saturated carbocycles. The zero-order chi connectivity index (χ0) is 9.03. The number of aromatic nitrogens is 1. The van der Waals surface area contributed by atoms with Crippen LogP contribution in [0.15, 0.2) is 18.5 Å². The maximum atomic E-state index is 11.6. The van der Waals surface area contributed by atoms with Gasteiger partial charge in [-0.15, -0.1) is 0 Å². The van der Waals surface area contributed by atoms with E-state index in [0.29, 0.717) is 0 Å². The Morgan fingerprint density at radius 1 is 1.50 bits per heavy atom. The molecule has 1 radical (unpaired) electrons. The molecule has 0 aliphatic heterocycles. The van der Waals surface area contributed by atoms with Gasteiger partial charge in [0.25, 0.3) is 0 Å². The highest BCUT2D eigenvalue weighted by Crippen LogP contribution is 2.16. The number of rotatable bonds is 2. The van der Waals surface area contributed by atoms with Gasteiger partial charge < -0.3 is 4.74 Å². The lowest BCUT2D eigenvalue weighted by Crippen LogP contribution is -2.19. The molecule has 0 atom stereocenters. The van der Waals surface area contributed by atoms with Crippen molar-refractivity contribution in [3.8, 4) is 5.75 Å². The lowest BCUT2D eigenvalue weighted by molar-refractivity contribution is -0.153. The molecule has 0 aliphatic carbocycles. The van der Waals surface area contributed by atoms with Crippen LogP contribution in [-0.2, 0) is 0 Å². The first-order valence-electron chi connectivity index (χ1n) is 3.08. The second-order valence-electron chi connectivity index (χ2n) is 2.02. The van der Waals surface area contributed by atoms with Crippen LogP contribution in [0.3, 0.4) is 0 Å². The van der Waals surface area contributed by atoms with Crippen LogP contribution in [0.2, 0.25) is 0 Å². The summed E-state index contributed by atoms with van der Waals surface area (Å²) in [7, 11) is 0. The first-order valence-corrected chi connectivity index (χ1v) is 3.08. The van der Waals surface area contributed by atoms with Crippen molar-refractivity contribution in [3.63, 3.8) is 0 Å². The minimum Gasteiger partial charge on any atom is -0.482 e. The molecular weight excluding hydrogens is 171 g/mol. The van der Waals surface area contributed by atoms with E-state index in [2.05, 4.69) is 15.8 Å². The minimum absolute atomic E-state index is 0.0647. The second kappa shape index (κ2) is 3.42. The average Bonchev–Trinajstić information content (AvgIpc) is 2.02. The summed E-state index contributed by atoms with van der Waals surface area (Å²) in [5.74, 6) is 0.0647. The van der Waals surface area contributed by atoms with Gasteiger partial charge in [0.05, 0.1) is 6.20 Å². The summed E-state index contributed by atoms with van der Waals surface area (Å²) >= 11 is 0.